The number of carboxylic acids is 2. The number of piperidine rings is 1. The van der Waals surface area contributed by atoms with Gasteiger partial charge in [-0.3, -0.25) is 14.4 Å². The number of aryl methyl sites for hydroxylation is 1. The van der Waals surface area contributed by atoms with Crippen molar-refractivity contribution < 1.29 is 50.9 Å². The van der Waals surface area contributed by atoms with Crippen LogP contribution in [-0.2, 0) is 28.0 Å². The number of alkyl halides is 6. The number of benzene rings is 1. The van der Waals surface area contributed by atoms with E-state index in [4.69, 9.17) is 19.8 Å². The van der Waals surface area contributed by atoms with E-state index >= 15 is 0 Å². The molecule has 2 aliphatic heterocycles. The van der Waals surface area contributed by atoms with Crippen LogP contribution in [0.3, 0.4) is 0 Å². The normalized spacial score (nSPS) is 19.8. The smallest absolute Gasteiger partial charge is 0.475 e. The van der Waals surface area contributed by atoms with Crippen molar-refractivity contribution in [2.45, 2.75) is 50.2 Å². The van der Waals surface area contributed by atoms with Gasteiger partial charge in [0.2, 0.25) is 5.91 Å². The van der Waals surface area contributed by atoms with Crippen LogP contribution < -0.4 is 4.90 Å². The third-order valence-electron chi connectivity index (χ3n) is 5.56. The van der Waals surface area contributed by atoms with Crippen molar-refractivity contribution in [1.29, 1.82) is 0 Å². The molecule has 2 aliphatic rings. The first kappa shape index (κ1) is 29.6. The first-order valence-corrected chi connectivity index (χ1v) is 10.8. The zero-order valence-corrected chi connectivity index (χ0v) is 19.4. The highest BCUT2D eigenvalue weighted by atomic mass is 19.4. The van der Waals surface area contributed by atoms with E-state index < -0.39 is 24.3 Å². The van der Waals surface area contributed by atoms with Gasteiger partial charge in [0.25, 0.3) is 0 Å². The van der Waals surface area contributed by atoms with Gasteiger partial charge in [0.1, 0.15) is 0 Å². The zero-order chi connectivity index (χ0) is 28.0. The van der Waals surface area contributed by atoms with Gasteiger partial charge >= 0.3 is 24.3 Å². The molecular weight excluding hydrogens is 514 g/mol. The van der Waals surface area contributed by atoms with Crippen LogP contribution in [0.25, 0.3) is 0 Å². The number of carboxylic acid groups (broad SMARTS) is 2. The van der Waals surface area contributed by atoms with Crippen molar-refractivity contribution >= 4 is 23.5 Å². The lowest BCUT2D eigenvalue weighted by atomic mass is 9.95. The number of hydrogen-bond donors (Lipinski definition) is 2. The molecule has 1 amide bonds. The van der Waals surface area contributed by atoms with Gasteiger partial charge in [-0.15, -0.1) is 0 Å². The second-order valence-electron chi connectivity index (χ2n) is 8.16. The molecule has 37 heavy (non-hydrogen) atoms. The summed E-state index contributed by atoms with van der Waals surface area (Å²) in [4.78, 5) is 34.8. The number of anilines is 1. The van der Waals surface area contributed by atoms with E-state index in [0.29, 0.717) is 12.5 Å². The molecule has 15 heteroatoms. The lowest BCUT2D eigenvalue weighted by Gasteiger charge is -2.39. The van der Waals surface area contributed by atoms with Gasteiger partial charge in [-0.05, 0) is 18.4 Å². The Hall–Kier alpha value is -3.62. The first-order chi connectivity index (χ1) is 17.1. The zero-order valence-electron chi connectivity index (χ0n) is 19.4. The van der Waals surface area contributed by atoms with Crippen LogP contribution >= 0.6 is 0 Å². The maximum absolute atomic E-state index is 12.5. The number of carbonyl (C=O) groups is 3. The molecule has 204 valence electrons. The summed E-state index contributed by atoms with van der Waals surface area (Å²) in [6.07, 6.45) is -3.78. The molecular formula is C22H24F6N4O5. The van der Waals surface area contributed by atoms with E-state index in [1.807, 2.05) is 18.1 Å². The lowest BCUT2D eigenvalue weighted by molar-refractivity contribution is -0.193. The van der Waals surface area contributed by atoms with E-state index in [1.54, 1.807) is 10.9 Å². The average Bonchev–Trinajstić information content (AvgIpc) is 3.40. The molecule has 0 aliphatic carbocycles. The number of nitrogens with zero attached hydrogens (tertiary/aromatic N) is 4. The number of halogens is 6. The highest BCUT2D eigenvalue weighted by Gasteiger charge is 2.44. The van der Waals surface area contributed by atoms with Crippen LogP contribution in [0, 0.1) is 0 Å². The minimum absolute atomic E-state index is 0.237. The van der Waals surface area contributed by atoms with Crippen LogP contribution in [0.4, 0.5) is 32.0 Å². The molecule has 0 bridgehead atoms. The molecule has 1 aromatic carbocycles. The third kappa shape index (κ3) is 8.48. The number of hydrogen-bond acceptors (Lipinski definition) is 5. The minimum atomic E-state index is -5.08. The van der Waals surface area contributed by atoms with Crippen LogP contribution in [0.2, 0.25) is 0 Å². The molecule has 2 N–H and O–H groups in total. The van der Waals surface area contributed by atoms with Gasteiger partial charge in [-0.2, -0.15) is 31.4 Å². The molecule has 1 aromatic heterocycles. The van der Waals surface area contributed by atoms with Crippen molar-refractivity contribution in [3.63, 3.8) is 0 Å². The number of aliphatic carboxylic acids is 2. The maximum Gasteiger partial charge on any atom is 0.490 e. The first-order valence-electron chi connectivity index (χ1n) is 10.8. The summed E-state index contributed by atoms with van der Waals surface area (Å²) in [5, 5.41) is 18.5. The highest BCUT2D eigenvalue weighted by molar-refractivity contribution is 5.94. The minimum Gasteiger partial charge on any atom is -0.475 e. The number of fused-ring (bicyclic) bond motifs is 1. The number of aromatic nitrogens is 2. The maximum atomic E-state index is 12.5. The van der Waals surface area contributed by atoms with Crippen molar-refractivity contribution in [2.24, 2.45) is 7.05 Å². The fourth-order valence-electron chi connectivity index (χ4n) is 4.03. The Morgan fingerprint density at radius 1 is 0.973 bits per heavy atom. The quantitative estimate of drug-likeness (QED) is 0.575. The van der Waals surface area contributed by atoms with E-state index in [1.165, 1.54) is 5.56 Å². The monoisotopic (exact) mass is 538 g/mol. The van der Waals surface area contributed by atoms with Gasteiger partial charge in [0, 0.05) is 38.8 Å². The second kappa shape index (κ2) is 12.1. The number of amides is 1. The number of carbonyl (C=O) groups excluding carboxylic acids is 1. The van der Waals surface area contributed by atoms with Gasteiger partial charge in [-0.25, -0.2) is 9.59 Å². The third-order valence-corrected chi connectivity index (χ3v) is 5.56. The Balaban J connectivity index is 0.000000286. The van der Waals surface area contributed by atoms with Gasteiger partial charge in [0.15, 0.2) is 0 Å². The summed E-state index contributed by atoms with van der Waals surface area (Å²) < 4.78 is 65.2. The summed E-state index contributed by atoms with van der Waals surface area (Å²) >= 11 is 0. The van der Waals surface area contributed by atoms with E-state index in [2.05, 4.69) is 40.3 Å². The predicted molar refractivity (Wildman–Crippen MR) is 116 cm³/mol. The van der Waals surface area contributed by atoms with Crippen LogP contribution in [0.1, 0.15) is 24.8 Å². The Bertz CT molecular complexity index is 1050. The van der Waals surface area contributed by atoms with Crippen LogP contribution in [0.5, 0.6) is 0 Å². The summed E-state index contributed by atoms with van der Waals surface area (Å²) in [5.74, 6) is -5.28. The number of rotatable bonds is 3. The van der Waals surface area contributed by atoms with E-state index in [-0.39, 0.29) is 11.9 Å². The summed E-state index contributed by atoms with van der Waals surface area (Å²) in [7, 11) is 1.89. The molecule has 0 spiro atoms. The SMILES string of the molecule is Cn1cc(N2C(=O)CC[C@@H]3[C@H]2CCN3Cc2ccccc2)cn1.O=C(O)C(F)(F)F.O=C(O)C(F)(F)F. The predicted octanol–water partition coefficient (Wildman–Crippen LogP) is 3.46. The van der Waals surface area contributed by atoms with Crippen molar-refractivity contribution in [2.75, 3.05) is 11.4 Å². The molecule has 2 atom stereocenters. The molecule has 0 radical (unpaired) electrons. The van der Waals surface area contributed by atoms with Crippen molar-refractivity contribution in [3.05, 3.63) is 48.3 Å². The standard InChI is InChI=1S/C18H22N4O.2C2HF3O2/c1-20-13-15(11-19-20)22-17-9-10-21(16(17)7-8-18(22)23)12-14-5-3-2-4-6-14;2*3-2(4,5)1(6)7/h2-6,11,13,16-17H,7-10,12H2,1H3;2*(H,6,7)/t16-,17-;;/m1../s1. The molecule has 2 fully saturated rings. The van der Waals surface area contributed by atoms with Gasteiger partial charge in [0.05, 0.1) is 17.9 Å². The van der Waals surface area contributed by atoms with Crippen LogP contribution in [0.15, 0.2) is 42.7 Å². The average molecular weight is 538 g/mol. The summed E-state index contributed by atoms with van der Waals surface area (Å²) in [5.41, 5.74) is 2.28. The summed E-state index contributed by atoms with van der Waals surface area (Å²) in [6, 6.07) is 11.3. The molecule has 2 saturated heterocycles. The molecule has 9 nitrogen and oxygen atoms in total. The van der Waals surface area contributed by atoms with Crippen molar-refractivity contribution in [1.82, 2.24) is 14.7 Å². The van der Waals surface area contributed by atoms with Gasteiger partial charge in [-0.1, -0.05) is 30.3 Å². The topological polar surface area (TPSA) is 116 Å². The largest absolute Gasteiger partial charge is 0.490 e. The lowest BCUT2D eigenvalue weighted by Crippen LogP contribution is -2.52. The fraction of sp³-hybridized carbons (Fsp3) is 0.455. The summed E-state index contributed by atoms with van der Waals surface area (Å²) in [6.45, 7) is 2.02. The molecule has 0 unspecified atom stereocenters. The molecule has 0 saturated carbocycles. The molecule has 2 aromatic rings. The second-order valence-corrected chi connectivity index (χ2v) is 8.16. The molecule has 3 heterocycles. The molecule has 4 rings (SSSR count). The Morgan fingerprint density at radius 2 is 1.51 bits per heavy atom. The Kier molecular flexibility index (Phi) is 9.67. The Morgan fingerprint density at radius 3 is 1.97 bits per heavy atom. The Labute approximate surface area is 206 Å². The van der Waals surface area contributed by atoms with E-state index in [9.17, 15) is 31.1 Å². The highest BCUT2D eigenvalue weighted by Crippen LogP contribution is 2.35. The van der Waals surface area contributed by atoms with E-state index in [0.717, 1.165) is 31.6 Å². The van der Waals surface area contributed by atoms with Gasteiger partial charge < -0.3 is 15.1 Å². The van der Waals surface area contributed by atoms with Crippen molar-refractivity contribution in [3.8, 4) is 0 Å². The fourth-order valence-corrected chi connectivity index (χ4v) is 4.03. The number of likely N-dealkylation sites (tertiary alicyclic amines) is 1. The van der Waals surface area contributed by atoms with Crippen LogP contribution in [-0.4, -0.2) is 73.7 Å².